The number of esters is 1. The predicted octanol–water partition coefficient (Wildman–Crippen LogP) is 4.84. The molecule has 1 unspecified atom stereocenters. The molecule has 5 aromatic rings. The molecule has 0 amide bonds. The van der Waals surface area contributed by atoms with Gasteiger partial charge in [0.15, 0.2) is 4.80 Å². The standard InChI is InChI=1S/C33H27N3O3S/c1-2-39-29(37)20-35-19-23(24-13-8-9-15-27(24)35)18-28-32(38)36-31(22-11-4-3-5-12-22)26-17-16-21-10-6-7-14-25(21)30(26)34-33(36)40-28/h3-15,18-19,31H,2,16-17,20H2,1H3. The highest BCUT2D eigenvalue weighted by molar-refractivity contribution is 7.07. The Bertz CT molecular complexity index is 2000. The van der Waals surface area contributed by atoms with Crippen molar-refractivity contribution in [3.63, 3.8) is 0 Å². The van der Waals surface area contributed by atoms with Crippen molar-refractivity contribution < 1.29 is 9.53 Å². The maximum Gasteiger partial charge on any atom is 0.325 e. The van der Waals surface area contributed by atoms with Gasteiger partial charge in [-0.2, -0.15) is 0 Å². The second-order valence-corrected chi connectivity index (χ2v) is 11.1. The van der Waals surface area contributed by atoms with Gasteiger partial charge in [0, 0.05) is 28.2 Å². The van der Waals surface area contributed by atoms with Gasteiger partial charge in [0.25, 0.3) is 5.56 Å². The van der Waals surface area contributed by atoms with Crippen molar-refractivity contribution in [2.45, 2.75) is 32.4 Å². The predicted molar refractivity (Wildman–Crippen MR) is 158 cm³/mol. The minimum Gasteiger partial charge on any atom is -0.465 e. The summed E-state index contributed by atoms with van der Waals surface area (Å²) in [5, 5.41) is 0.977. The lowest BCUT2D eigenvalue weighted by Crippen LogP contribution is -2.38. The molecule has 0 saturated carbocycles. The molecule has 7 rings (SSSR count). The SMILES string of the molecule is CCOC(=O)Cn1cc(C=c2sc3n(c2=O)C(c2ccccc2)C2=C(N=3)c3ccccc3CC2)c2ccccc21. The number of hydrogen-bond acceptors (Lipinski definition) is 5. The molecule has 3 aromatic carbocycles. The van der Waals surface area contributed by atoms with Gasteiger partial charge < -0.3 is 9.30 Å². The molecule has 6 nitrogen and oxygen atoms in total. The lowest BCUT2D eigenvalue weighted by molar-refractivity contribution is -0.143. The van der Waals surface area contributed by atoms with Crippen LogP contribution in [0.2, 0.25) is 0 Å². The van der Waals surface area contributed by atoms with Crippen LogP contribution in [0.4, 0.5) is 0 Å². The molecule has 2 aromatic heterocycles. The third-order valence-corrected chi connectivity index (χ3v) is 8.68. The van der Waals surface area contributed by atoms with Crippen molar-refractivity contribution in [3.8, 4) is 0 Å². The summed E-state index contributed by atoms with van der Waals surface area (Å²) in [7, 11) is 0. The van der Waals surface area contributed by atoms with Crippen molar-refractivity contribution in [2.75, 3.05) is 6.61 Å². The van der Waals surface area contributed by atoms with Gasteiger partial charge in [-0.1, -0.05) is 84.1 Å². The van der Waals surface area contributed by atoms with E-state index in [2.05, 4.69) is 36.4 Å². The quantitative estimate of drug-likeness (QED) is 0.297. The van der Waals surface area contributed by atoms with E-state index >= 15 is 0 Å². The summed E-state index contributed by atoms with van der Waals surface area (Å²) in [5.41, 5.74) is 7.48. The number of rotatable bonds is 5. The molecule has 0 fully saturated rings. The topological polar surface area (TPSA) is 65.6 Å². The fourth-order valence-corrected chi connectivity index (χ4v) is 6.96. The number of hydrogen-bond donors (Lipinski definition) is 0. The first-order valence-corrected chi connectivity index (χ1v) is 14.4. The zero-order valence-corrected chi connectivity index (χ0v) is 22.9. The first kappa shape index (κ1) is 24.5. The number of ether oxygens (including phenoxy) is 1. The molecule has 7 heteroatoms. The minimum absolute atomic E-state index is 0.0507. The van der Waals surface area contributed by atoms with Gasteiger partial charge in [-0.3, -0.25) is 14.2 Å². The van der Waals surface area contributed by atoms with E-state index in [9.17, 15) is 9.59 Å². The number of fused-ring (bicyclic) bond motifs is 4. The number of thiazole rings is 1. The van der Waals surface area contributed by atoms with Gasteiger partial charge in [-0.15, -0.1) is 0 Å². The van der Waals surface area contributed by atoms with Crippen molar-refractivity contribution in [1.29, 1.82) is 0 Å². The Kier molecular flexibility index (Phi) is 6.09. The molecule has 0 spiro atoms. The Hall–Kier alpha value is -4.49. The van der Waals surface area contributed by atoms with E-state index in [1.807, 2.05) is 63.9 Å². The second-order valence-electron chi connectivity index (χ2n) is 10.1. The average Bonchev–Trinajstić information content (AvgIpc) is 3.48. The molecular formula is C33H27N3O3S. The van der Waals surface area contributed by atoms with Crippen LogP contribution in [0, 0.1) is 0 Å². The summed E-state index contributed by atoms with van der Waals surface area (Å²) in [6, 6.07) is 26.4. The number of benzene rings is 3. The minimum atomic E-state index is -0.289. The van der Waals surface area contributed by atoms with Crippen LogP contribution in [0.15, 0.2) is 100 Å². The first-order valence-electron chi connectivity index (χ1n) is 13.5. The number of nitrogens with zero attached hydrogens (tertiary/aromatic N) is 3. The largest absolute Gasteiger partial charge is 0.465 e. The summed E-state index contributed by atoms with van der Waals surface area (Å²) < 4.78 is 9.56. The van der Waals surface area contributed by atoms with Gasteiger partial charge in [-0.05, 0) is 48.6 Å². The number of para-hydroxylation sites is 1. The smallest absolute Gasteiger partial charge is 0.325 e. The molecule has 0 N–H and O–H groups in total. The van der Waals surface area contributed by atoms with Crippen molar-refractivity contribution in [1.82, 2.24) is 9.13 Å². The van der Waals surface area contributed by atoms with E-state index < -0.39 is 0 Å². The maximum atomic E-state index is 14.1. The lowest BCUT2D eigenvalue weighted by atomic mass is 9.83. The van der Waals surface area contributed by atoms with E-state index in [1.165, 1.54) is 22.5 Å². The number of carbonyl (C=O) groups excluding carboxylic acids is 1. The first-order chi connectivity index (χ1) is 19.6. The van der Waals surface area contributed by atoms with Crippen LogP contribution in [-0.4, -0.2) is 21.7 Å². The van der Waals surface area contributed by atoms with Gasteiger partial charge in [0.1, 0.15) is 6.54 Å². The molecule has 1 aliphatic carbocycles. The molecule has 198 valence electrons. The van der Waals surface area contributed by atoms with Gasteiger partial charge in [0.05, 0.1) is 22.9 Å². The van der Waals surface area contributed by atoms with Gasteiger partial charge in [0.2, 0.25) is 0 Å². The number of aryl methyl sites for hydroxylation is 1. The highest BCUT2D eigenvalue weighted by atomic mass is 32.1. The summed E-state index contributed by atoms with van der Waals surface area (Å²) in [5.74, 6) is -0.289. The monoisotopic (exact) mass is 545 g/mol. The molecule has 40 heavy (non-hydrogen) atoms. The Balaban J connectivity index is 1.43. The van der Waals surface area contributed by atoms with E-state index in [4.69, 9.17) is 9.73 Å². The summed E-state index contributed by atoms with van der Waals surface area (Å²) in [6.45, 7) is 2.25. The van der Waals surface area contributed by atoms with Crippen molar-refractivity contribution >= 4 is 40.0 Å². The fourth-order valence-electron chi connectivity index (χ4n) is 5.97. The van der Waals surface area contributed by atoms with Crippen LogP contribution in [0.25, 0.3) is 22.7 Å². The third-order valence-electron chi connectivity index (χ3n) is 7.70. The zero-order valence-electron chi connectivity index (χ0n) is 22.0. The molecule has 3 heterocycles. The van der Waals surface area contributed by atoms with Crippen LogP contribution in [-0.2, 0) is 22.5 Å². The van der Waals surface area contributed by atoms with Crippen LogP contribution in [0.3, 0.4) is 0 Å². The molecule has 0 saturated heterocycles. The Morgan fingerprint density at radius 3 is 2.65 bits per heavy atom. The normalized spacial score (nSPS) is 16.3. The number of aromatic nitrogens is 2. The van der Waals surface area contributed by atoms with Crippen molar-refractivity contribution in [2.24, 2.45) is 4.99 Å². The van der Waals surface area contributed by atoms with E-state index in [-0.39, 0.29) is 24.1 Å². The van der Waals surface area contributed by atoms with Crippen LogP contribution < -0.4 is 14.9 Å². The maximum absolute atomic E-state index is 14.1. The molecule has 1 atom stereocenters. The molecular weight excluding hydrogens is 518 g/mol. The fraction of sp³-hybridized carbons (Fsp3) is 0.182. The van der Waals surface area contributed by atoms with Crippen LogP contribution in [0.1, 0.15) is 41.6 Å². The van der Waals surface area contributed by atoms with Gasteiger partial charge >= 0.3 is 5.97 Å². The lowest BCUT2D eigenvalue weighted by Gasteiger charge is -2.30. The van der Waals surface area contributed by atoms with Gasteiger partial charge in [-0.25, -0.2) is 4.99 Å². The number of carbonyl (C=O) groups is 1. The van der Waals surface area contributed by atoms with E-state index in [1.54, 1.807) is 6.92 Å². The number of allylic oxidation sites excluding steroid dienone is 1. The molecule has 0 radical (unpaired) electrons. The summed E-state index contributed by atoms with van der Waals surface area (Å²) >= 11 is 1.42. The molecule has 1 aliphatic heterocycles. The Labute approximate surface area is 234 Å². The second kappa shape index (κ2) is 9.92. The highest BCUT2D eigenvalue weighted by Gasteiger charge is 2.32. The Morgan fingerprint density at radius 2 is 1.80 bits per heavy atom. The van der Waals surface area contributed by atoms with Crippen LogP contribution in [0.5, 0.6) is 0 Å². The average molecular weight is 546 g/mol. The molecule has 2 aliphatic rings. The van der Waals surface area contributed by atoms with E-state index in [0.717, 1.165) is 46.1 Å². The highest BCUT2D eigenvalue weighted by Crippen LogP contribution is 2.41. The van der Waals surface area contributed by atoms with Crippen LogP contribution >= 0.6 is 11.3 Å². The van der Waals surface area contributed by atoms with Crippen molar-refractivity contribution in [3.05, 3.63) is 133 Å². The summed E-state index contributed by atoms with van der Waals surface area (Å²) in [6.07, 6.45) is 5.65. The molecule has 0 bridgehead atoms. The summed E-state index contributed by atoms with van der Waals surface area (Å²) in [4.78, 5) is 32.2. The third kappa shape index (κ3) is 4.05. The Morgan fingerprint density at radius 1 is 1.02 bits per heavy atom. The van der Waals surface area contributed by atoms with E-state index in [0.29, 0.717) is 15.9 Å². The zero-order chi connectivity index (χ0) is 27.2.